The molecule has 0 saturated carbocycles. The summed E-state index contributed by atoms with van der Waals surface area (Å²) < 4.78 is 5.33. The lowest BCUT2D eigenvalue weighted by Crippen LogP contribution is -2.30. The molecule has 0 fully saturated rings. The molecule has 2 rings (SSSR count). The third-order valence-corrected chi connectivity index (χ3v) is 3.32. The number of phenols is 2. The summed E-state index contributed by atoms with van der Waals surface area (Å²) in [4.78, 5) is 23.6. The van der Waals surface area contributed by atoms with Crippen LogP contribution in [-0.2, 0) is 4.74 Å². The van der Waals surface area contributed by atoms with Crippen LogP contribution in [0.3, 0.4) is 0 Å². The van der Waals surface area contributed by atoms with E-state index in [9.17, 15) is 9.59 Å². The van der Waals surface area contributed by atoms with Crippen LogP contribution in [0.4, 0.5) is 0 Å². The standard InChI is InChI=1S/C18H20N2O5/c21-15-5-1-13(2-6-15)17(23)19-9-11-25-12-10-20-18(24)14-3-7-16(22)8-4-14/h1-8,21-22H,9-12H2,(H,19,23)(H,20,24). The van der Waals surface area contributed by atoms with E-state index < -0.39 is 0 Å². The van der Waals surface area contributed by atoms with Crippen LogP contribution < -0.4 is 10.6 Å². The molecule has 2 aromatic rings. The number of rotatable bonds is 8. The lowest BCUT2D eigenvalue weighted by molar-refractivity contribution is 0.0893. The first-order chi connectivity index (χ1) is 12.1. The fourth-order valence-electron chi connectivity index (χ4n) is 2.01. The second-order valence-electron chi connectivity index (χ2n) is 5.22. The zero-order valence-corrected chi connectivity index (χ0v) is 13.6. The molecule has 0 aliphatic heterocycles. The highest BCUT2D eigenvalue weighted by atomic mass is 16.5. The van der Waals surface area contributed by atoms with Crippen molar-refractivity contribution in [1.82, 2.24) is 10.6 Å². The molecule has 0 aromatic heterocycles. The van der Waals surface area contributed by atoms with Gasteiger partial charge < -0.3 is 25.6 Å². The number of nitrogens with one attached hydrogen (secondary N) is 2. The Hall–Kier alpha value is -3.06. The Bertz CT molecular complexity index is 637. The number of benzene rings is 2. The molecular formula is C18H20N2O5. The van der Waals surface area contributed by atoms with Crippen LogP contribution in [0.5, 0.6) is 11.5 Å². The number of phenolic OH excluding ortho intramolecular Hbond substituents is 2. The minimum absolute atomic E-state index is 0.106. The van der Waals surface area contributed by atoms with Crippen molar-refractivity contribution in [2.24, 2.45) is 0 Å². The van der Waals surface area contributed by atoms with Gasteiger partial charge in [0.1, 0.15) is 11.5 Å². The van der Waals surface area contributed by atoms with Gasteiger partial charge in [-0.1, -0.05) is 0 Å². The summed E-state index contributed by atoms with van der Waals surface area (Å²) in [5.74, 6) is -0.281. The van der Waals surface area contributed by atoms with Gasteiger partial charge in [0.25, 0.3) is 11.8 Å². The Kier molecular flexibility index (Phi) is 6.79. The van der Waals surface area contributed by atoms with Gasteiger partial charge in [-0.3, -0.25) is 9.59 Å². The lowest BCUT2D eigenvalue weighted by atomic mass is 10.2. The predicted molar refractivity (Wildman–Crippen MR) is 91.7 cm³/mol. The molecule has 25 heavy (non-hydrogen) atoms. The van der Waals surface area contributed by atoms with Crippen LogP contribution in [0.1, 0.15) is 20.7 Å². The molecule has 0 heterocycles. The van der Waals surface area contributed by atoms with Gasteiger partial charge in [-0.25, -0.2) is 0 Å². The van der Waals surface area contributed by atoms with E-state index in [-0.39, 0.29) is 23.3 Å². The number of ether oxygens (including phenoxy) is 1. The summed E-state index contributed by atoms with van der Waals surface area (Å²) in [6.07, 6.45) is 0. The van der Waals surface area contributed by atoms with E-state index in [0.29, 0.717) is 37.4 Å². The maximum absolute atomic E-state index is 11.8. The van der Waals surface area contributed by atoms with Gasteiger partial charge >= 0.3 is 0 Å². The Labute approximate surface area is 145 Å². The number of hydrogen-bond donors (Lipinski definition) is 4. The summed E-state index contributed by atoms with van der Waals surface area (Å²) >= 11 is 0. The molecule has 0 aliphatic carbocycles. The molecule has 0 unspecified atom stereocenters. The first-order valence-corrected chi connectivity index (χ1v) is 7.78. The van der Waals surface area contributed by atoms with Crippen molar-refractivity contribution in [1.29, 1.82) is 0 Å². The fraction of sp³-hybridized carbons (Fsp3) is 0.222. The van der Waals surface area contributed by atoms with Gasteiger partial charge in [0.15, 0.2) is 0 Å². The quantitative estimate of drug-likeness (QED) is 0.540. The van der Waals surface area contributed by atoms with Crippen molar-refractivity contribution in [3.63, 3.8) is 0 Å². The highest BCUT2D eigenvalue weighted by Crippen LogP contribution is 2.10. The van der Waals surface area contributed by atoms with Gasteiger partial charge in [0.2, 0.25) is 0 Å². The molecular weight excluding hydrogens is 324 g/mol. The number of aromatic hydroxyl groups is 2. The number of carbonyl (C=O) groups is 2. The number of hydrogen-bond acceptors (Lipinski definition) is 5. The molecule has 0 spiro atoms. The van der Waals surface area contributed by atoms with Crippen molar-refractivity contribution in [2.75, 3.05) is 26.3 Å². The lowest BCUT2D eigenvalue weighted by Gasteiger charge is -2.08. The number of carbonyl (C=O) groups excluding carboxylic acids is 2. The van der Waals surface area contributed by atoms with Crippen LogP contribution in [-0.4, -0.2) is 48.3 Å². The Balaban J connectivity index is 1.56. The average Bonchev–Trinajstić information content (AvgIpc) is 2.61. The van der Waals surface area contributed by atoms with E-state index in [0.717, 1.165) is 0 Å². The van der Waals surface area contributed by atoms with Crippen LogP contribution >= 0.6 is 0 Å². The summed E-state index contributed by atoms with van der Waals surface area (Å²) in [6, 6.07) is 11.9. The van der Waals surface area contributed by atoms with Crippen molar-refractivity contribution in [3.05, 3.63) is 59.7 Å². The third kappa shape index (κ3) is 6.15. The van der Waals surface area contributed by atoms with E-state index in [1.165, 1.54) is 48.5 Å². The summed E-state index contributed by atoms with van der Waals surface area (Å²) in [7, 11) is 0. The average molecular weight is 344 g/mol. The highest BCUT2D eigenvalue weighted by molar-refractivity contribution is 5.94. The minimum atomic E-state index is -0.246. The zero-order chi connectivity index (χ0) is 18.1. The van der Waals surface area contributed by atoms with Crippen molar-refractivity contribution < 1.29 is 24.5 Å². The molecule has 132 valence electrons. The van der Waals surface area contributed by atoms with Gasteiger partial charge in [-0.15, -0.1) is 0 Å². The molecule has 2 amide bonds. The second kappa shape index (κ2) is 9.29. The van der Waals surface area contributed by atoms with Crippen molar-refractivity contribution in [3.8, 4) is 11.5 Å². The molecule has 2 aromatic carbocycles. The molecule has 0 saturated heterocycles. The van der Waals surface area contributed by atoms with Gasteiger partial charge in [-0.2, -0.15) is 0 Å². The van der Waals surface area contributed by atoms with Crippen LogP contribution in [0.2, 0.25) is 0 Å². The SMILES string of the molecule is O=C(NCCOCCNC(=O)c1ccc(O)cc1)c1ccc(O)cc1. The highest BCUT2D eigenvalue weighted by Gasteiger charge is 2.05. The topological polar surface area (TPSA) is 108 Å². The summed E-state index contributed by atoms with van der Waals surface area (Å²) in [5.41, 5.74) is 0.915. The maximum atomic E-state index is 11.8. The van der Waals surface area contributed by atoms with E-state index in [1.54, 1.807) is 0 Å². The van der Waals surface area contributed by atoms with Crippen LogP contribution in [0.15, 0.2) is 48.5 Å². The number of amides is 2. The smallest absolute Gasteiger partial charge is 0.251 e. The van der Waals surface area contributed by atoms with Crippen LogP contribution in [0.25, 0.3) is 0 Å². The maximum Gasteiger partial charge on any atom is 0.251 e. The zero-order valence-electron chi connectivity index (χ0n) is 13.6. The first kappa shape index (κ1) is 18.3. The Morgan fingerprint density at radius 1 is 0.720 bits per heavy atom. The molecule has 0 atom stereocenters. The van der Waals surface area contributed by atoms with Crippen molar-refractivity contribution >= 4 is 11.8 Å². The van der Waals surface area contributed by atoms with Crippen molar-refractivity contribution in [2.45, 2.75) is 0 Å². The van der Waals surface area contributed by atoms with E-state index >= 15 is 0 Å². The Morgan fingerprint density at radius 2 is 1.08 bits per heavy atom. The fourth-order valence-corrected chi connectivity index (χ4v) is 2.01. The molecule has 0 aliphatic rings. The third-order valence-electron chi connectivity index (χ3n) is 3.32. The summed E-state index contributed by atoms with van der Waals surface area (Å²) in [6.45, 7) is 1.31. The molecule has 4 N–H and O–H groups in total. The predicted octanol–water partition coefficient (Wildman–Crippen LogP) is 1.27. The van der Waals surface area contributed by atoms with E-state index in [2.05, 4.69) is 10.6 Å². The van der Waals surface area contributed by atoms with E-state index in [1.807, 2.05) is 0 Å². The molecule has 0 bridgehead atoms. The van der Waals surface area contributed by atoms with Crippen LogP contribution in [0, 0.1) is 0 Å². The minimum Gasteiger partial charge on any atom is -0.508 e. The second-order valence-corrected chi connectivity index (χ2v) is 5.22. The summed E-state index contributed by atoms with van der Waals surface area (Å²) in [5, 5.41) is 23.7. The Morgan fingerprint density at radius 3 is 1.44 bits per heavy atom. The molecule has 7 heteroatoms. The van der Waals surface area contributed by atoms with Gasteiger partial charge in [-0.05, 0) is 48.5 Å². The molecule has 0 radical (unpaired) electrons. The molecule has 7 nitrogen and oxygen atoms in total. The monoisotopic (exact) mass is 344 g/mol. The van der Waals surface area contributed by atoms with Gasteiger partial charge in [0.05, 0.1) is 13.2 Å². The first-order valence-electron chi connectivity index (χ1n) is 7.78. The van der Waals surface area contributed by atoms with E-state index in [4.69, 9.17) is 14.9 Å². The normalized spacial score (nSPS) is 10.2. The largest absolute Gasteiger partial charge is 0.508 e. The van der Waals surface area contributed by atoms with Gasteiger partial charge in [0, 0.05) is 24.2 Å².